The van der Waals surface area contributed by atoms with Crippen LogP contribution in [0.4, 0.5) is 13.2 Å². The van der Waals surface area contributed by atoms with Crippen LogP contribution in [0, 0.1) is 0 Å². The van der Waals surface area contributed by atoms with Crippen molar-refractivity contribution in [2.75, 3.05) is 6.54 Å². The topological polar surface area (TPSA) is 71.1 Å². The van der Waals surface area contributed by atoms with Crippen molar-refractivity contribution in [2.24, 2.45) is 0 Å². The van der Waals surface area contributed by atoms with Crippen molar-refractivity contribution in [3.8, 4) is 10.6 Å². The zero-order valence-corrected chi connectivity index (χ0v) is 13.7. The van der Waals surface area contributed by atoms with Gasteiger partial charge in [0, 0.05) is 17.5 Å². The fourth-order valence-corrected chi connectivity index (χ4v) is 3.26. The number of carbonyl (C=O) groups excluding carboxylic acids is 2. The van der Waals surface area contributed by atoms with Gasteiger partial charge in [-0.2, -0.15) is 13.2 Å². The summed E-state index contributed by atoms with van der Waals surface area (Å²) in [6, 6.07) is 4.00. The molecule has 25 heavy (non-hydrogen) atoms. The number of nitrogens with zero attached hydrogens (tertiary/aromatic N) is 1. The van der Waals surface area contributed by atoms with Crippen LogP contribution in [-0.2, 0) is 11.0 Å². The summed E-state index contributed by atoms with van der Waals surface area (Å²) in [5.74, 6) is -0.700. The number of carbonyl (C=O) groups is 2. The number of hydrogen-bond donors (Lipinski definition) is 2. The van der Waals surface area contributed by atoms with Gasteiger partial charge in [0.1, 0.15) is 16.7 Å². The van der Waals surface area contributed by atoms with E-state index < -0.39 is 23.7 Å². The van der Waals surface area contributed by atoms with Crippen molar-refractivity contribution < 1.29 is 22.8 Å². The molecule has 1 saturated heterocycles. The number of benzene rings is 1. The molecule has 1 aromatic heterocycles. The van der Waals surface area contributed by atoms with E-state index in [-0.39, 0.29) is 11.6 Å². The first-order valence-corrected chi connectivity index (χ1v) is 8.44. The molecule has 2 amide bonds. The summed E-state index contributed by atoms with van der Waals surface area (Å²) in [5.41, 5.74) is -0.111. The van der Waals surface area contributed by atoms with Gasteiger partial charge in [-0.3, -0.25) is 9.59 Å². The molecule has 1 aliphatic heterocycles. The molecule has 2 N–H and O–H groups in total. The van der Waals surface area contributed by atoms with Gasteiger partial charge in [0.05, 0.1) is 5.56 Å². The molecule has 0 spiro atoms. The Morgan fingerprint density at radius 2 is 2.00 bits per heavy atom. The molecule has 1 atom stereocenters. The second kappa shape index (κ2) is 6.83. The minimum atomic E-state index is -4.40. The molecule has 1 unspecified atom stereocenters. The van der Waals surface area contributed by atoms with Gasteiger partial charge in [0.25, 0.3) is 5.91 Å². The number of piperidine rings is 1. The first-order chi connectivity index (χ1) is 11.8. The molecule has 0 bridgehead atoms. The normalized spacial score (nSPS) is 17.9. The Labute approximate surface area is 145 Å². The van der Waals surface area contributed by atoms with Crippen LogP contribution in [0.2, 0.25) is 0 Å². The molecule has 9 heteroatoms. The highest BCUT2D eigenvalue weighted by Gasteiger charge is 2.30. The number of hydrogen-bond acceptors (Lipinski definition) is 4. The van der Waals surface area contributed by atoms with Crippen LogP contribution >= 0.6 is 11.3 Å². The first-order valence-electron chi connectivity index (χ1n) is 7.56. The highest BCUT2D eigenvalue weighted by Crippen LogP contribution is 2.31. The molecule has 3 rings (SSSR count). The average Bonchev–Trinajstić information content (AvgIpc) is 3.06. The van der Waals surface area contributed by atoms with Gasteiger partial charge in [0.15, 0.2) is 0 Å². The molecule has 1 aliphatic rings. The van der Waals surface area contributed by atoms with Crippen LogP contribution in [0.1, 0.15) is 28.9 Å². The van der Waals surface area contributed by atoms with Gasteiger partial charge < -0.3 is 10.6 Å². The van der Waals surface area contributed by atoms with Crippen LogP contribution in [0.3, 0.4) is 0 Å². The number of aromatic nitrogens is 1. The molecule has 1 fully saturated rings. The van der Waals surface area contributed by atoms with Crippen molar-refractivity contribution in [3.05, 3.63) is 40.9 Å². The third-order valence-electron chi connectivity index (χ3n) is 3.79. The highest BCUT2D eigenvalue weighted by atomic mass is 32.1. The third-order valence-corrected chi connectivity index (χ3v) is 4.68. The van der Waals surface area contributed by atoms with E-state index in [2.05, 4.69) is 15.6 Å². The quantitative estimate of drug-likeness (QED) is 0.874. The molecule has 0 radical (unpaired) electrons. The van der Waals surface area contributed by atoms with E-state index in [9.17, 15) is 22.8 Å². The molecular weight excluding hydrogens is 355 g/mol. The summed E-state index contributed by atoms with van der Waals surface area (Å²) < 4.78 is 37.8. The minimum Gasteiger partial charge on any atom is -0.354 e. The fourth-order valence-electron chi connectivity index (χ4n) is 2.45. The Bertz CT molecular complexity index is 787. The van der Waals surface area contributed by atoms with Crippen LogP contribution in [0.25, 0.3) is 10.6 Å². The number of amides is 2. The lowest BCUT2D eigenvalue weighted by molar-refractivity contribution is -0.137. The van der Waals surface area contributed by atoms with Gasteiger partial charge in [-0.05, 0) is 25.0 Å². The summed E-state index contributed by atoms with van der Waals surface area (Å²) in [6.45, 7) is 0.597. The van der Waals surface area contributed by atoms with Crippen LogP contribution in [0.15, 0.2) is 29.6 Å². The SMILES string of the molecule is O=C(NC1CCCNC1=O)c1csc(-c2ccc(C(F)(F)F)cc2)n1. The monoisotopic (exact) mass is 369 g/mol. The predicted octanol–water partition coefficient (Wildman–Crippen LogP) is 2.84. The number of nitrogens with one attached hydrogen (secondary N) is 2. The maximum absolute atomic E-state index is 12.6. The summed E-state index contributed by atoms with van der Waals surface area (Å²) in [6.07, 6.45) is -3.05. The molecule has 0 aliphatic carbocycles. The van der Waals surface area contributed by atoms with Gasteiger partial charge in [0.2, 0.25) is 5.91 Å². The Morgan fingerprint density at radius 3 is 2.64 bits per heavy atom. The Morgan fingerprint density at radius 1 is 1.28 bits per heavy atom. The number of alkyl halides is 3. The van der Waals surface area contributed by atoms with Crippen LogP contribution in [-0.4, -0.2) is 29.4 Å². The minimum absolute atomic E-state index is 0.137. The number of thiazole rings is 1. The Hall–Kier alpha value is -2.42. The van der Waals surface area contributed by atoms with Crippen molar-refractivity contribution in [1.29, 1.82) is 0 Å². The van der Waals surface area contributed by atoms with Gasteiger partial charge in [-0.15, -0.1) is 11.3 Å². The van der Waals surface area contributed by atoms with Gasteiger partial charge in [-0.1, -0.05) is 12.1 Å². The maximum Gasteiger partial charge on any atom is 0.416 e. The smallest absolute Gasteiger partial charge is 0.354 e. The molecular formula is C16H14F3N3O2S. The average molecular weight is 369 g/mol. The van der Waals surface area contributed by atoms with Gasteiger partial charge >= 0.3 is 6.18 Å². The van der Waals surface area contributed by atoms with E-state index in [1.165, 1.54) is 17.5 Å². The van der Waals surface area contributed by atoms with Crippen LogP contribution < -0.4 is 10.6 Å². The maximum atomic E-state index is 12.6. The highest BCUT2D eigenvalue weighted by molar-refractivity contribution is 7.13. The fraction of sp³-hybridized carbons (Fsp3) is 0.312. The molecule has 2 aromatic rings. The lowest BCUT2D eigenvalue weighted by atomic mass is 10.1. The van der Waals surface area contributed by atoms with Crippen molar-refractivity contribution >= 4 is 23.2 Å². The second-order valence-electron chi connectivity index (χ2n) is 5.57. The van der Waals surface area contributed by atoms with Crippen molar-refractivity contribution in [1.82, 2.24) is 15.6 Å². The molecule has 1 aromatic carbocycles. The lowest BCUT2D eigenvalue weighted by Crippen LogP contribution is -2.50. The van der Waals surface area contributed by atoms with E-state index in [1.54, 1.807) is 0 Å². The number of halogens is 3. The zero-order valence-electron chi connectivity index (χ0n) is 12.9. The number of rotatable bonds is 3. The molecule has 2 heterocycles. The third kappa shape index (κ3) is 3.98. The summed E-state index contributed by atoms with van der Waals surface area (Å²) in [7, 11) is 0. The van der Waals surface area contributed by atoms with Crippen molar-refractivity contribution in [2.45, 2.75) is 25.1 Å². The first kappa shape index (κ1) is 17.4. The van der Waals surface area contributed by atoms with Gasteiger partial charge in [-0.25, -0.2) is 4.98 Å². The molecule has 5 nitrogen and oxygen atoms in total. The van der Waals surface area contributed by atoms with E-state index >= 15 is 0 Å². The summed E-state index contributed by atoms with van der Waals surface area (Å²) >= 11 is 1.15. The summed E-state index contributed by atoms with van der Waals surface area (Å²) in [4.78, 5) is 28.0. The second-order valence-corrected chi connectivity index (χ2v) is 6.43. The summed E-state index contributed by atoms with van der Waals surface area (Å²) in [5, 5.41) is 7.25. The zero-order chi connectivity index (χ0) is 18.0. The largest absolute Gasteiger partial charge is 0.416 e. The Balaban J connectivity index is 1.71. The molecule has 132 valence electrons. The molecule has 0 saturated carbocycles. The van der Waals surface area contributed by atoms with E-state index in [1.807, 2.05) is 0 Å². The van der Waals surface area contributed by atoms with Crippen molar-refractivity contribution in [3.63, 3.8) is 0 Å². The lowest BCUT2D eigenvalue weighted by Gasteiger charge is -2.22. The van der Waals surface area contributed by atoms with Crippen LogP contribution in [0.5, 0.6) is 0 Å². The van der Waals surface area contributed by atoms with E-state index in [0.29, 0.717) is 23.5 Å². The Kier molecular flexibility index (Phi) is 4.76. The standard InChI is InChI=1S/C16H14F3N3O2S/c17-16(18,19)10-5-3-9(4-6-10)15-22-12(8-25-15)14(24)21-11-2-1-7-20-13(11)23/h3-6,8,11H,1-2,7H2,(H,20,23)(H,21,24). The van der Waals surface area contributed by atoms with E-state index in [4.69, 9.17) is 0 Å². The van der Waals surface area contributed by atoms with E-state index in [0.717, 1.165) is 29.9 Å². The predicted molar refractivity (Wildman–Crippen MR) is 86.0 cm³/mol.